The van der Waals surface area contributed by atoms with Gasteiger partial charge in [-0.1, -0.05) is 0 Å². The first-order chi connectivity index (χ1) is 15.0. The van der Waals surface area contributed by atoms with Crippen LogP contribution in [-0.4, -0.2) is 60.6 Å². The highest BCUT2D eigenvalue weighted by Crippen LogP contribution is 2.34. The average Bonchev–Trinajstić information content (AvgIpc) is 2.79. The Bertz CT molecular complexity index is 942. The molecular formula is C24H27FN2O3S. The molecule has 0 saturated carbocycles. The van der Waals surface area contributed by atoms with Gasteiger partial charge in [0, 0.05) is 28.5 Å². The second-order valence-electron chi connectivity index (χ2n) is 8.08. The van der Waals surface area contributed by atoms with E-state index in [0.717, 1.165) is 55.9 Å². The number of hydrogen-bond acceptors (Lipinski definition) is 6. The molecule has 0 bridgehead atoms. The molecule has 4 rings (SSSR count). The molecule has 1 fully saturated rings. The molecule has 164 valence electrons. The van der Waals surface area contributed by atoms with Crippen molar-refractivity contribution in [3.63, 3.8) is 0 Å². The molecule has 1 saturated heterocycles. The van der Waals surface area contributed by atoms with E-state index in [1.54, 1.807) is 31.2 Å². The molecule has 0 unspecified atom stereocenters. The van der Waals surface area contributed by atoms with Gasteiger partial charge in [0.05, 0.1) is 13.7 Å². The monoisotopic (exact) mass is 442 g/mol. The fraction of sp³-hybridized carbons (Fsp3) is 0.417. The highest BCUT2D eigenvalue weighted by atomic mass is 32.2. The number of fused-ring (bicyclic) bond motifs is 1. The number of halogens is 1. The maximum atomic E-state index is 13.1. The zero-order valence-corrected chi connectivity index (χ0v) is 18.5. The second-order valence-corrected chi connectivity index (χ2v) is 9.22. The third kappa shape index (κ3) is 5.34. The summed E-state index contributed by atoms with van der Waals surface area (Å²) in [6.07, 6.45) is 2.65. The molecule has 2 aliphatic heterocycles. The number of hydrogen-bond donors (Lipinski definition) is 0. The minimum Gasteiger partial charge on any atom is -0.497 e. The summed E-state index contributed by atoms with van der Waals surface area (Å²) in [5.41, 5.74) is 1.35. The van der Waals surface area contributed by atoms with E-state index in [4.69, 9.17) is 4.74 Å². The molecular weight excluding hydrogens is 415 g/mol. The number of piperidine rings is 1. The zero-order chi connectivity index (χ0) is 21.8. The molecule has 0 radical (unpaired) electrons. The summed E-state index contributed by atoms with van der Waals surface area (Å²) in [4.78, 5) is 28.5. The van der Waals surface area contributed by atoms with Crippen LogP contribution in [0.5, 0.6) is 5.75 Å². The largest absolute Gasteiger partial charge is 0.497 e. The maximum Gasteiger partial charge on any atom is 0.179 e. The molecule has 0 atom stereocenters. The van der Waals surface area contributed by atoms with Gasteiger partial charge in [0.1, 0.15) is 11.6 Å². The lowest BCUT2D eigenvalue weighted by molar-refractivity contribution is 0.0838. The molecule has 0 N–H and O–H groups in total. The Morgan fingerprint density at radius 3 is 2.58 bits per heavy atom. The summed E-state index contributed by atoms with van der Waals surface area (Å²) in [6, 6.07) is 11.5. The zero-order valence-electron chi connectivity index (χ0n) is 17.7. The molecule has 0 aromatic heterocycles. The predicted molar refractivity (Wildman–Crippen MR) is 119 cm³/mol. The van der Waals surface area contributed by atoms with Gasteiger partial charge in [-0.3, -0.25) is 9.59 Å². The second kappa shape index (κ2) is 9.94. The smallest absolute Gasteiger partial charge is 0.179 e. The van der Waals surface area contributed by atoms with Gasteiger partial charge in [0.15, 0.2) is 11.6 Å². The third-order valence-electron chi connectivity index (χ3n) is 6.00. The van der Waals surface area contributed by atoms with E-state index in [9.17, 15) is 14.0 Å². The first kappa shape index (κ1) is 22.0. The van der Waals surface area contributed by atoms with Crippen LogP contribution in [0.25, 0.3) is 0 Å². The average molecular weight is 443 g/mol. The van der Waals surface area contributed by atoms with Gasteiger partial charge >= 0.3 is 0 Å². The number of benzene rings is 2. The molecule has 5 nitrogen and oxygen atoms in total. The summed E-state index contributed by atoms with van der Waals surface area (Å²) in [7, 11) is 1.61. The van der Waals surface area contributed by atoms with Crippen molar-refractivity contribution in [2.75, 3.05) is 39.8 Å². The van der Waals surface area contributed by atoms with Crippen molar-refractivity contribution < 1.29 is 18.7 Å². The van der Waals surface area contributed by atoms with Gasteiger partial charge in [0.25, 0.3) is 0 Å². The summed E-state index contributed by atoms with van der Waals surface area (Å²) in [5, 5.41) is 0. The van der Waals surface area contributed by atoms with Crippen molar-refractivity contribution in [1.29, 1.82) is 0 Å². The van der Waals surface area contributed by atoms with E-state index in [1.165, 1.54) is 12.1 Å². The Labute approximate surface area is 186 Å². The number of Topliss-reactive ketones (excluding diaryl/α,β-unsaturated/α-hetero) is 2. The molecule has 2 aromatic carbocycles. The molecule has 2 aromatic rings. The van der Waals surface area contributed by atoms with Gasteiger partial charge in [-0.15, -0.1) is 0 Å². The first-order valence-electron chi connectivity index (χ1n) is 10.7. The van der Waals surface area contributed by atoms with Crippen LogP contribution < -0.4 is 4.74 Å². The van der Waals surface area contributed by atoms with Crippen molar-refractivity contribution in [3.05, 3.63) is 59.4 Å². The number of methoxy groups -OCH3 is 1. The number of ketones is 2. The van der Waals surface area contributed by atoms with E-state index in [2.05, 4.69) is 9.21 Å². The Kier molecular flexibility index (Phi) is 7.05. The lowest BCUT2D eigenvalue weighted by Gasteiger charge is -2.32. The van der Waals surface area contributed by atoms with Gasteiger partial charge in [-0.05, 0) is 93.3 Å². The summed E-state index contributed by atoms with van der Waals surface area (Å²) in [5.74, 6) is 0.669. The SMILES string of the molecule is COc1ccc2c(c1)C(=O)CN(CCCN1CCC(C(=O)c3ccc(F)cc3)CC1)S2. The number of nitrogens with zero attached hydrogens (tertiary/aromatic N) is 2. The van der Waals surface area contributed by atoms with E-state index < -0.39 is 0 Å². The predicted octanol–water partition coefficient (Wildman–Crippen LogP) is 4.32. The van der Waals surface area contributed by atoms with Crippen LogP contribution in [0.3, 0.4) is 0 Å². The van der Waals surface area contributed by atoms with Gasteiger partial charge in [-0.2, -0.15) is 0 Å². The normalized spacial score (nSPS) is 18.1. The number of carbonyl (C=O) groups is 2. The van der Waals surface area contributed by atoms with E-state index in [0.29, 0.717) is 17.9 Å². The van der Waals surface area contributed by atoms with Crippen LogP contribution in [0.15, 0.2) is 47.4 Å². The molecule has 2 heterocycles. The number of carbonyl (C=O) groups excluding carboxylic acids is 2. The van der Waals surface area contributed by atoms with Crippen molar-refractivity contribution >= 4 is 23.5 Å². The van der Waals surface area contributed by atoms with Crippen LogP contribution in [0.2, 0.25) is 0 Å². The molecule has 0 aliphatic carbocycles. The minimum atomic E-state index is -0.317. The van der Waals surface area contributed by atoms with Crippen LogP contribution in [0.1, 0.15) is 40.0 Å². The maximum absolute atomic E-state index is 13.1. The molecule has 2 aliphatic rings. The van der Waals surface area contributed by atoms with E-state index in [-0.39, 0.29) is 23.3 Å². The number of ether oxygens (including phenoxy) is 1. The molecule has 0 spiro atoms. The van der Waals surface area contributed by atoms with E-state index >= 15 is 0 Å². The number of likely N-dealkylation sites (tertiary alicyclic amines) is 1. The summed E-state index contributed by atoms with van der Waals surface area (Å²) in [6.45, 7) is 4.01. The Morgan fingerprint density at radius 1 is 1.13 bits per heavy atom. The van der Waals surface area contributed by atoms with Crippen LogP contribution in [0, 0.1) is 11.7 Å². The van der Waals surface area contributed by atoms with Crippen molar-refractivity contribution in [2.24, 2.45) is 5.92 Å². The topological polar surface area (TPSA) is 49.9 Å². The Morgan fingerprint density at radius 2 is 1.87 bits per heavy atom. The standard InChI is InChI=1S/C24H27FN2O3S/c1-30-20-7-8-23-21(15-20)22(28)16-27(31-23)12-2-11-26-13-9-18(10-14-26)24(29)17-3-5-19(25)6-4-17/h3-8,15,18H,2,9-14,16H2,1H3. The lowest BCUT2D eigenvalue weighted by atomic mass is 9.89. The molecule has 31 heavy (non-hydrogen) atoms. The number of rotatable bonds is 7. The summed E-state index contributed by atoms with van der Waals surface area (Å²) < 4.78 is 20.4. The van der Waals surface area contributed by atoms with Crippen molar-refractivity contribution in [1.82, 2.24) is 9.21 Å². The van der Waals surface area contributed by atoms with Gasteiger partial charge in [-0.25, -0.2) is 8.70 Å². The third-order valence-corrected chi connectivity index (χ3v) is 7.13. The van der Waals surface area contributed by atoms with E-state index in [1.807, 2.05) is 18.2 Å². The lowest BCUT2D eigenvalue weighted by Crippen LogP contribution is -2.38. The van der Waals surface area contributed by atoms with Crippen LogP contribution >= 0.6 is 11.9 Å². The highest BCUT2D eigenvalue weighted by Gasteiger charge is 2.27. The fourth-order valence-corrected chi connectivity index (χ4v) is 5.29. The molecule has 7 heteroatoms. The highest BCUT2D eigenvalue weighted by molar-refractivity contribution is 7.97. The van der Waals surface area contributed by atoms with Crippen LogP contribution in [0.4, 0.5) is 4.39 Å². The fourth-order valence-electron chi connectivity index (χ4n) is 4.21. The quantitative estimate of drug-likeness (QED) is 0.470. The van der Waals surface area contributed by atoms with Gasteiger partial charge < -0.3 is 9.64 Å². The first-order valence-corrected chi connectivity index (χ1v) is 11.5. The molecule has 0 amide bonds. The Balaban J connectivity index is 1.21. The minimum absolute atomic E-state index is 0.0190. The van der Waals surface area contributed by atoms with Crippen molar-refractivity contribution in [3.8, 4) is 5.75 Å². The summed E-state index contributed by atoms with van der Waals surface area (Å²) >= 11 is 1.64. The Hall–Kier alpha value is -2.22. The van der Waals surface area contributed by atoms with Crippen molar-refractivity contribution in [2.45, 2.75) is 24.2 Å². The van der Waals surface area contributed by atoms with Crippen LogP contribution in [-0.2, 0) is 0 Å². The van der Waals surface area contributed by atoms with Gasteiger partial charge in [0.2, 0.25) is 0 Å².